The third-order valence-electron chi connectivity index (χ3n) is 11.0. The van der Waals surface area contributed by atoms with Gasteiger partial charge in [0, 0.05) is 75.6 Å². The van der Waals surface area contributed by atoms with Crippen molar-refractivity contribution in [1.29, 1.82) is 0 Å². The number of carbonyl (C=O) groups is 2. The van der Waals surface area contributed by atoms with E-state index in [-0.39, 0.29) is 11.8 Å². The minimum Gasteiger partial charge on any atom is -0.368 e. The normalized spacial score (nSPS) is 23.0. The minimum absolute atomic E-state index is 0.203. The number of nitrogens with zero attached hydrogens (tertiary/aromatic N) is 4. The van der Waals surface area contributed by atoms with Gasteiger partial charge in [0.15, 0.2) is 0 Å². The predicted octanol–water partition coefficient (Wildman–Crippen LogP) is 7.20. The Morgan fingerprint density at radius 2 is 0.918 bits per heavy atom. The van der Waals surface area contributed by atoms with Crippen LogP contribution in [0.25, 0.3) is 0 Å². The lowest BCUT2D eigenvalue weighted by Gasteiger charge is -2.37. The molecule has 0 unspecified atom stereocenters. The quantitative estimate of drug-likeness (QED) is 0.221. The van der Waals surface area contributed by atoms with Crippen molar-refractivity contribution >= 4 is 23.2 Å². The lowest BCUT2D eigenvalue weighted by molar-refractivity contribution is -0.133. The van der Waals surface area contributed by atoms with Crippen LogP contribution in [0.2, 0.25) is 0 Å². The molecule has 0 N–H and O–H groups in total. The molecule has 4 aromatic carbocycles. The maximum absolute atomic E-state index is 12.8. The number of amides is 2. The van der Waals surface area contributed by atoms with Crippen LogP contribution in [0, 0.1) is 32.6 Å². The van der Waals surface area contributed by atoms with Crippen molar-refractivity contribution < 1.29 is 9.59 Å². The van der Waals surface area contributed by atoms with Gasteiger partial charge in [0.05, 0.1) is 0 Å². The van der Waals surface area contributed by atoms with Gasteiger partial charge < -0.3 is 19.6 Å². The fraction of sp³-hybridized carbons (Fsp3) is 0.395. The molecule has 2 amide bonds. The number of benzene rings is 4. The molecule has 0 radical (unpaired) electrons. The molecule has 4 atom stereocenters. The number of hydrogen-bond acceptors (Lipinski definition) is 4. The Hall–Kier alpha value is -4.58. The summed E-state index contributed by atoms with van der Waals surface area (Å²) in [6.07, 6.45) is 2.03. The highest BCUT2D eigenvalue weighted by molar-refractivity contribution is 5.84. The Labute approximate surface area is 292 Å². The number of rotatable bonds is 6. The van der Waals surface area contributed by atoms with Gasteiger partial charge in [-0.1, -0.05) is 91.0 Å². The second-order valence-electron chi connectivity index (χ2n) is 14.4. The second kappa shape index (κ2) is 14.5. The zero-order valence-electron chi connectivity index (χ0n) is 29.3. The predicted molar refractivity (Wildman–Crippen MR) is 199 cm³/mol. The van der Waals surface area contributed by atoms with E-state index < -0.39 is 0 Å². The number of aryl methyl sites for hydroxylation is 3. The molecule has 8 rings (SSSR count). The van der Waals surface area contributed by atoms with Crippen LogP contribution in [0.1, 0.15) is 52.5 Å². The maximum atomic E-state index is 12.8. The number of piperazine rings is 2. The van der Waals surface area contributed by atoms with Gasteiger partial charge in [-0.25, -0.2) is 0 Å². The van der Waals surface area contributed by atoms with Gasteiger partial charge in [0.1, 0.15) is 0 Å². The van der Waals surface area contributed by atoms with Crippen LogP contribution in [0.5, 0.6) is 0 Å². The molecular weight excluding hydrogens is 604 g/mol. The smallest absolute Gasteiger partial charge is 0.226 e. The van der Waals surface area contributed by atoms with Crippen LogP contribution in [-0.4, -0.2) is 74.0 Å². The average Bonchev–Trinajstić information content (AvgIpc) is 4.09. The van der Waals surface area contributed by atoms with Crippen LogP contribution in [0.3, 0.4) is 0 Å². The van der Waals surface area contributed by atoms with Crippen LogP contribution in [0.15, 0.2) is 103 Å². The molecule has 4 aliphatic rings. The van der Waals surface area contributed by atoms with Crippen LogP contribution >= 0.6 is 0 Å². The van der Waals surface area contributed by atoms with Crippen molar-refractivity contribution in [2.45, 2.75) is 45.4 Å². The third kappa shape index (κ3) is 7.54. The van der Waals surface area contributed by atoms with Crippen molar-refractivity contribution in [3.63, 3.8) is 0 Å². The van der Waals surface area contributed by atoms with Crippen LogP contribution in [0.4, 0.5) is 11.4 Å². The summed E-state index contributed by atoms with van der Waals surface area (Å²) in [5, 5.41) is 0. The molecule has 2 aliphatic carbocycles. The number of anilines is 2. The van der Waals surface area contributed by atoms with Crippen molar-refractivity contribution in [2.75, 3.05) is 62.2 Å². The molecule has 6 nitrogen and oxygen atoms in total. The Morgan fingerprint density at radius 3 is 1.41 bits per heavy atom. The van der Waals surface area contributed by atoms with E-state index in [1.165, 1.54) is 39.2 Å². The molecule has 254 valence electrons. The molecule has 0 aromatic heterocycles. The summed E-state index contributed by atoms with van der Waals surface area (Å²) in [7, 11) is 0. The SMILES string of the molecule is Cc1ccc(C)c(N2CCN(C(=O)[C@@H]3C[C@@H]3c3ccccc3)CC2)c1.Cc1ccccc1N1CCN(C(=O)[C@H]2C[C@H]2c2ccccc2)CC1. The fourth-order valence-corrected chi connectivity index (χ4v) is 7.86. The van der Waals surface area contributed by atoms with Gasteiger partial charge in [0.25, 0.3) is 0 Å². The number of carbonyl (C=O) groups excluding carboxylic acids is 2. The molecule has 0 bridgehead atoms. The molecule has 2 saturated carbocycles. The topological polar surface area (TPSA) is 47.1 Å². The van der Waals surface area contributed by atoms with E-state index in [9.17, 15) is 9.59 Å². The first kappa shape index (κ1) is 32.9. The highest BCUT2D eigenvalue weighted by atomic mass is 16.2. The van der Waals surface area contributed by atoms with Gasteiger partial charge in [-0.3, -0.25) is 9.59 Å². The van der Waals surface area contributed by atoms with Crippen LogP contribution < -0.4 is 9.80 Å². The summed E-state index contributed by atoms with van der Waals surface area (Å²) in [5.41, 5.74) is 9.17. The van der Waals surface area contributed by atoms with E-state index in [1.807, 2.05) is 12.1 Å². The monoisotopic (exact) mass is 654 g/mol. The summed E-state index contributed by atoms with van der Waals surface area (Å²) in [6, 6.07) is 36.1. The lowest BCUT2D eigenvalue weighted by atomic mass is 10.1. The highest BCUT2D eigenvalue weighted by Crippen LogP contribution is 2.49. The molecule has 4 aromatic rings. The number of para-hydroxylation sites is 1. The highest BCUT2D eigenvalue weighted by Gasteiger charge is 2.47. The Balaban J connectivity index is 0.000000154. The van der Waals surface area contributed by atoms with Gasteiger partial charge in [0.2, 0.25) is 11.8 Å². The zero-order valence-corrected chi connectivity index (χ0v) is 29.3. The molecule has 6 heteroatoms. The van der Waals surface area contributed by atoms with Gasteiger partial charge in [-0.05, 0) is 85.4 Å². The molecule has 0 spiro atoms. The first-order valence-electron chi connectivity index (χ1n) is 18.2. The lowest BCUT2D eigenvalue weighted by Crippen LogP contribution is -2.49. The van der Waals surface area contributed by atoms with Crippen molar-refractivity contribution in [2.24, 2.45) is 11.8 Å². The first-order valence-corrected chi connectivity index (χ1v) is 18.2. The molecule has 4 fully saturated rings. The van der Waals surface area contributed by atoms with Gasteiger partial charge in [-0.2, -0.15) is 0 Å². The van der Waals surface area contributed by atoms with E-state index in [2.05, 4.69) is 131 Å². The summed E-state index contributed by atoms with van der Waals surface area (Å²) < 4.78 is 0. The van der Waals surface area contributed by atoms with Gasteiger partial charge in [-0.15, -0.1) is 0 Å². The van der Waals surface area contributed by atoms with E-state index in [1.54, 1.807) is 0 Å². The van der Waals surface area contributed by atoms with E-state index in [4.69, 9.17) is 0 Å². The summed E-state index contributed by atoms with van der Waals surface area (Å²) in [4.78, 5) is 34.6. The minimum atomic E-state index is 0.203. The largest absolute Gasteiger partial charge is 0.368 e. The zero-order chi connectivity index (χ0) is 33.9. The van der Waals surface area contributed by atoms with E-state index in [0.717, 1.165) is 65.2 Å². The fourth-order valence-electron chi connectivity index (χ4n) is 7.86. The Kier molecular flexibility index (Phi) is 9.74. The summed E-state index contributed by atoms with van der Waals surface area (Å²) >= 11 is 0. The van der Waals surface area contributed by atoms with Crippen LogP contribution in [-0.2, 0) is 9.59 Å². The molecule has 2 aliphatic heterocycles. The Bertz CT molecular complexity index is 1740. The summed E-state index contributed by atoms with van der Waals surface area (Å²) in [5.74, 6) is 1.99. The molecule has 49 heavy (non-hydrogen) atoms. The standard InChI is InChI=1S/C22H26N2O.C21H24N2O/c1-16-8-9-17(2)21(14-16)23-10-12-24(13-11-23)22(25)20-15-19(20)18-6-4-3-5-7-18;1-16-7-5-6-10-20(16)22-11-13-23(14-12-22)21(24)19-15-18(19)17-8-3-2-4-9-17/h3-9,14,19-20H,10-13,15H2,1-2H3;2-10,18-19H,11-15H2,1H3/t19-,20-;18-,19-/m10/s1. The van der Waals surface area contributed by atoms with Crippen molar-refractivity contribution in [1.82, 2.24) is 9.80 Å². The Morgan fingerprint density at radius 1 is 0.490 bits per heavy atom. The molecule has 2 heterocycles. The first-order chi connectivity index (χ1) is 23.9. The van der Waals surface area contributed by atoms with Crippen molar-refractivity contribution in [3.8, 4) is 0 Å². The molecular formula is C43H50N4O2. The third-order valence-corrected chi connectivity index (χ3v) is 11.0. The van der Waals surface area contributed by atoms with E-state index in [0.29, 0.717) is 23.7 Å². The van der Waals surface area contributed by atoms with Crippen molar-refractivity contribution in [3.05, 3.63) is 131 Å². The van der Waals surface area contributed by atoms with E-state index >= 15 is 0 Å². The van der Waals surface area contributed by atoms with Gasteiger partial charge >= 0.3 is 0 Å². The maximum Gasteiger partial charge on any atom is 0.226 e. The average molecular weight is 655 g/mol. The number of hydrogen-bond donors (Lipinski definition) is 0. The second-order valence-corrected chi connectivity index (χ2v) is 14.4. The summed E-state index contributed by atoms with van der Waals surface area (Å²) in [6.45, 7) is 13.5. The molecule has 2 saturated heterocycles.